The predicted octanol–water partition coefficient (Wildman–Crippen LogP) is 3.25. The molecule has 0 saturated carbocycles. The second kappa shape index (κ2) is 3.31. The van der Waals surface area contributed by atoms with Crippen LogP contribution in [0.15, 0.2) is 23.1 Å². The molecule has 1 radical (unpaired) electrons. The lowest BCUT2D eigenvalue weighted by atomic mass is 10.0. The van der Waals surface area contributed by atoms with E-state index in [0.717, 1.165) is 4.90 Å². The molecule has 0 aliphatic rings. The Morgan fingerprint density at radius 3 is 2.36 bits per heavy atom. The van der Waals surface area contributed by atoms with Gasteiger partial charge in [0.25, 0.3) is 0 Å². The largest absolute Gasteiger partial charge is 0.143 e. The second-order valence-electron chi connectivity index (χ2n) is 3.00. The molecular weight excluding hydrogens is 152 g/mol. The molecule has 0 amide bonds. The summed E-state index contributed by atoms with van der Waals surface area (Å²) < 4.78 is 0. The van der Waals surface area contributed by atoms with E-state index in [1.54, 1.807) is 0 Å². The van der Waals surface area contributed by atoms with Crippen molar-refractivity contribution < 1.29 is 0 Å². The average Bonchev–Trinajstić information content (AvgIpc) is 1.94. The number of rotatable bonds is 1. The van der Waals surface area contributed by atoms with Crippen molar-refractivity contribution in [2.24, 2.45) is 0 Å². The summed E-state index contributed by atoms with van der Waals surface area (Å²) in [7, 11) is 0. The van der Waals surface area contributed by atoms with E-state index >= 15 is 0 Å². The van der Waals surface area contributed by atoms with Gasteiger partial charge in [0.1, 0.15) is 0 Å². The van der Waals surface area contributed by atoms with Gasteiger partial charge in [0.05, 0.1) is 0 Å². The summed E-state index contributed by atoms with van der Waals surface area (Å²) in [6.07, 6.45) is 0. The molecule has 1 rings (SSSR count). The molecule has 0 saturated heterocycles. The Morgan fingerprint density at radius 2 is 1.91 bits per heavy atom. The number of hydrogen-bond donors (Lipinski definition) is 1. The van der Waals surface area contributed by atoms with Gasteiger partial charge in [-0.05, 0) is 30.0 Å². The van der Waals surface area contributed by atoms with Crippen molar-refractivity contribution in [3.05, 3.63) is 35.2 Å². The lowest BCUT2D eigenvalue weighted by Crippen LogP contribution is -1.88. The SMILES string of the molecule is C[C](C)c1ccc(S)c(C)c1. The molecule has 0 aliphatic heterocycles. The molecule has 59 valence electrons. The molecule has 1 aromatic carbocycles. The molecular formula is C10H13S. The maximum absolute atomic E-state index is 4.30. The van der Waals surface area contributed by atoms with Crippen LogP contribution in [0.1, 0.15) is 25.0 Å². The molecule has 0 aromatic heterocycles. The summed E-state index contributed by atoms with van der Waals surface area (Å²) in [5, 5.41) is 0. The smallest absolute Gasteiger partial charge is 0.00694 e. The van der Waals surface area contributed by atoms with E-state index in [-0.39, 0.29) is 0 Å². The molecule has 1 heteroatoms. The lowest BCUT2D eigenvalue weighted by Gasteiger charge is -2.06. The molecule has 0 atom stereocenters. The summed E-state index contributed by atoms with van der Waals surface area (Å²) in [4.78, 5) is 1.06. The summed E-state index contributed by atoms with van der Waals surface area (Å²) in [5.74, 6) is 1.35. The second-order valence-corrected chi connectivity index (χ2v) is 3.48. The van der Waals surface area contributed by atoms with Gasteiger partial charge in [0, 0.05) is 4.90 Å². The van der Waals surface area contributed by atoms with Gasteiger partial charge in [-0.15, -0.1) is 12.6 Å². The Bertz CT molecular complexity index is 251. The van der Waals surface area contributed by atoms with Crippen molar-refractivity contribution in [3.63, 3.8) is 0 Å². The third-order valence-corrected chi connectivity index (χ3v) is 2.28. The summed E-state index contributed by atoms with van der Waals surface area (Å²) >= 11 is 4.30. The molecule has 1 aromatic rings. The van der Waals surface area contributed by atoms with Crippen LogP contribution in [0.4, 0.5) is 0 Å². The van der Waals surface area contributed by atoms with Crippen LogP contribution in [0.25, 0.3) is 0 Å². The minimum absolute atomic E-state index is 1.06. The van der Waals surface area contributed by atoms with Crippen LogP contribution in [-0.4, -0.2) is 0 Å². The highest BCUT2D eigenvalue weighted by atomic mass is 32.1. The minimum atomic E-state index is 1.06. The molecule has 0 N–H and O–H groups in total. The Labute approximate surface area is 74.0 Å². The van der Waals surface area contributed by atoms with Crippen LogP contribution in [0.5, 0.6) is 0 Å². The maximum atomic E-state index is 4.30. The minimum Gasteiger partial charge on any atom is -0.143 e. The zero-order valence-electron chi connectivity index (χ0n) is 7.18. The average molecular weight is 165 g/mol. The fraction of sp³-hybridized carbons (Fsp3) is 0.300. The number of aryl methyl sites for hydroxylation is 1. The van der Waals surface area contributed by atoms with Crippen LogP contribution in [0.3, 0.4) is 0 Å². The van der Waals surface area contributed by atoms with E-state index in [9.17, 15) is 0 Å². The van der Waals surface area contributed by atoms with Crippen LogP contribution < -0.4 is 0 Å². The normalized spacial score (nSPS) is 10.6. The quantitative estimate of drug-likeness (QED) is 0.607. The van der Waals surface area contributed by atoms with Gasteiger partial charge in [0.15, 0.2) is 0 Å². The number of hydrogen-bond acceptors (Lipinski definition) is 1. The van der Waals surface area contributed by atoms with E-state index in [1.807, 2.05) is 6.07 Å². The Hall–Kier alpha value is -0.430. The Kier molecular flexibility index (Phi) is 2.61. The van der Waals surface area contributed by atoms with Gasteiger partial charge in [-0.1, -0.05) is 26.0 Å². The molecule has 0 spiro atoms. The predicted molar refractivity (Wildman–Crippen MR) is 52.1 cm³/mol. The molecule has 0 heterocycles. The monoisotopic (exact) mass is 165 g/mol. The van der Waals surface area contributed by atoms with E-state index in [0.29, 0.717) is 0 Å². The molecule has 0 fully saturated rings. The lowest BCUT2D eigenvalue weighted by molar-refractivity contribution is 1.13. The van der Waals surface area contributed by atoms with Gasteiger partial charge in [-0.2, -0.15) is 0 Å². The van der Waals surface area contributed by atoms with Crippen molar-refractivity contribution in [3.8, 4) is 0 Å². The van der Waals surface area contributed by atoms with Crippen LogP contribution in [0, 0.1) is 12.8 Å². The van der Waals surface area contributed by atoms with E-state index in [2.05, 4.69) is 45.5 Å². The van der Waals surface area contributed by atoms with Gasteiger partial charge in [0.2, 0.25) is 0 Å². The fourth-order valence-electron chi connectivity index (χ4n) is 0.966. The third-order valence-electron chi connectivity index (χ3n) is 1.77. The van der Waals surface area contributed by atoms with Crippen molar-refractivity contribution in [1.29, 1.82) is 0 Å². The number of thiol groups is 1. The zero-order chi connectivity index (χ0) is 8.43. The van der Waals surface area contributed by atoms with E-state index in [1.165, 1.54) is 17.0 Å². The molecule has 0 aliphatic carbocycles. The molecule has 0 nitrogen and oxygen atoms in total. The van der Waals surface area contributed by atoms with Crippen LogP contribution in [-0.2, 0) is 0 Å². The Balaban J connectivity index is 3.05. The van der Waals surface area contributed by atoms with Crippen LogP contribution in [0.2, 0.25) is 0 Å². The highest BCUT2D eigenvalue weighted by Gasteiger charge is 2.00. The number of benzene rings is 1. The summed E-state index contributed by atoms with van der Waals surface area (Å²) in [5.41, 5.74) is 2.55. The molecule has 0 bridgehead atoms. The van der Waals surface area contributed by atoms with Crippen molar-refractivity contribution in [1.82, 2.24) is 0 Å². The summed E-state index contributed by atoms with van der Waals surface area (Å²) in [6, 6.07) is 6.31. The topological polar surface area (TPSA) is 0 Å². The van der Waals surface area contributed by atoms with Crippen molar-refractivity contribution >= 4 is 12.6 Å². The maximum Gasteiger partial charge on any atom is 0.00694 e. The standard InChI is InChI=1S/C10H13S/c1-7(2)9-4-5-10(11)8(3)6-9/h4-6,11H,1-3H3. The first-order valence-corrected chi connectivity index (χ1v) is 4.16. The Morgan fingerprint density at radius 1 is 1.27 bits per heavy atom. The first kappa shape index (κ1) is 8.66. The first-order valence-electron chi connectivity index (χ1n) is 3.71. The van der Waals surface area contributed by atoms with Crippen molar-refractivity contribution in [2.45, 2.75) is 25.7 Å². The van der Waals surface area contributed by atoms with Gasteiger partial charge in [-0.25, -0.2) is 0 Å². The highest BCUT2D eigenvalue weighted by molar-refractivity contribution is 7.80. The van der Waals surface area contributed by atoms with Gasteiger partial charge in [-0.3, -0.25) is 0 Å². The third kappa shape index (κ3) is 2.00. The zero-order valence-corrected chi connectivity index (χ0v) is 8.07. The first-order chi connectivity index (χ1) is 5.11. The molecule has 0 unspecified atom stereocenters. The molecule has 11 heavy (non-hydrogen) atoms. The van der Waals surface area contributed by atoms with Gasteiger partial charge >= 0.3 is 0 Å². The summed E-state index contributed by atoms with van der Waals surface area (Å²) in [6.45, 7) is 6.31. The van der Waals surface area contributed by atoms with E-state index in [4.69, 9.17) is 0 Å². The highest BCUT2D eigenvalue weighted by Crippen LogP contribution is 2.19. The van der Waals surface area contributed by atoms with Gasteiger partial charge < -0.3 is 0 Å². The van der Waals surface area contributed by atoms with Crippen molar-refractivity contribution in [2.75, 3.05) is 0 Å². The fourth-order valence-corrected chi connectivity index (χ4v) is 1.11. The van der Waals surface area contributed by atoms with Crippen LogP contribution >= 0.6 is 12.6 Å². The van der Waals surface area contributed by atoms with E-state index < -0.39 is 0 Å².